The summed E-state index contributed by atoms with van der Waals surface area (Å²) in [5.41, 5.74) is 2.76. The minimum absolute atomic E-state index is 0.0660. The highest BCUT2D eigenvalue weighted by atomic mass is 16.5. The molecule has 0 fully saturated rings. The van der Waals surface area contributed by atoms with Crippen LogP contribution in [0.3, 0.4) is 0 Å². The van der Waals surface area contributed by atoms with E-state index in [0.29, 0.717) is 12.3 Å². The van der Waals surface area contributed by atoms with E-state index in [0.717, 1.165) is 41.0 Å². The van der Waals surface area contributed by atoms with E-state index in [4.69, 9.17) is 14.6 Å². The van der Waals surface area contributed by atoms with Crippen molar-refractivity contribution >= 4 is 5.97 Å². The highest BCUT2D eigenvalue weighted by Gasteiger charge is 2.09. The molecule has 0 amide bonds. The molecule has 0 spiro atoms. The highest BCUT2D eigenvalue weighted by molar-refractivity contribution is 5.70. The Labute approximate surface area is 197 Å². The van der Waals surface area contributed by atoms with Crippen LogP contribution >= 0.6 is 0 Å². The number of aliphatic carboxylic acids is 1. The molecule has 0 saturated heterocycles. The Balaban J connectivity index is 1.46. The summed E-state index contributed by atoms with van der Waals surface area (Å²) in [6.45, 7) is 0.176. The average Bonchev–Trinajstić information content (AvgIpc) is 2.85. The normalized spacial score (nSPS) is 10.6. The van der Waals surface area contributed by atoms with Crippen molar-refractivity contribution in [2.75, 3.05) is 6.61 Å². The van der Waals surface area contributed by atoms with Crippen LogP contribution in [-0.2, 0) is 17.8 Å². The van der Waals surface area contributed by atoms with Gasteiger partial charge in [0.1, 0.15) is 17.2 Å². The Hall–Kier alpha value is -4.32. The average molecular weight is 456 g/mol. The SMILES string of the molecule is O=C(O)COc1cccc(CCCn2cc(-c3ccccc3Oc3ccccc3)ccc2=O)c1. The van der Waals surface area contributed by atoms with Crippen LogP contribution in [0.25, 0.3) is 11.1 Å². The van der Waals surface area contributed by atoms with E-state index in [-0.39, 0.29) is 12.2 Å². The maximum Gasteiger partial charge on any atom is 0.341 e. The first kappa shape index (κ1) is 22.9. The zero-order valence-electron chi connectivity index (χ0n) is 18.6. The van der Waals surface area contributed by atoms with Crippen molar-refractivity contribution < 1.29 is 19.4 Å². The number of para-hydroxylation sites is 2. The van der Waals surface area contributed by atoms with Crippen LogP contribution < -0.4 is 15.0 Å². The van der Waals surface area contributed by atoms with Crippen LogP contribution in [0.2, 0.25) is 0 Å². The third kappa shape index (κ3) is 6.13. The van der Waals surface area contributed by atoms with Crippen LogP contribution in [0.15, 0.2) is 102 Å². The summed E-state index contributed by atoms with van der Waals surface area (Å²) < 4.78 is 13.0. The van der Waals surface area contributed by atoms with Crippen LogP contribution in [0.4, 0.5) is 0 Å². The van der Waals surface area contributed by atoms with Crippen molar-refractivity contribution in [3.8, 4) is 28.4 Å². The second kappa shape index (κ2) is 11.0. The van der Waals surface area contributed by atoms with Crippen molar-refractivity contribution in [2.24, 2.45) is 0 Å². The van der Waals surface area contributed by atoms with Gasteiger partial charge in [0.05, 0.1) is 0 Å². The number of benzene rings is 3. The molecular weight excluding hydrogens is 430 g/mol. The van der Waals surface area contributed by atoms with Gasteiger partial charge in [0.2, 0.25) is 0 Å². The standard InChI is InChI=1S/C28H25NO5/c30-27-16-15-22(25-13-4-5-14-26(25)34-23-10-2-1-3-11-23)19-29(27)17-7-9-21-8-6-12-24(18-21)33-20-28(31)32/h1-6,8,10-16,18-19H,7,9,17,20H2,(H,31,32). The van der Waals surface area contributed by atoms with Crippen molar-refractivity contribution in [1.82, 2.24) is 4.57 Å². The predicted molar refractivity (Wildman–Crippen MR) is 131 cm³/mol. The van der Waals surface area contributed by atoms with Crippen LogP contribution in [-0.4, -0.2) is 22.2 Å². The summed E-state index contributed by atoms with van der Waals surface area (Å²) in [5.74, 6) is 0.976. The Morgan fingerprint density at radius 2 is 1.62 bits per heavy atom. The minimum atomic E-state index is -1.01. The smallest absolute Gasteiger partial charge is 0.341 e. The predicted octanol–water partition coefficient (Wildman–Crippen LogP) is 5.40. The molecule has 0 radical (unpaired) electrons. The van der Waals surface area contributed by atoms with E-state index in [9.17, 15) is 9.59 Å². The molecule has 4 aromatic rings. The number of carbonyl (C=O) groups is 1. The number of hydrogen-bond donors (Lipinski definition) is 1. The summed E-state index contributed by atoms with van der Waals surface area (Å²) in [6, 6.07) is 28.1. The van der Waals surface area contributed by atoms with Gasteiger partial charge in [-0.15, -0.1) is 0 Å². The third-order valence-electron chi connectivity index (χ3n) is 5.28. The van der Waals surface area contributed by atoms with Gasteiger partial charge in [-0.1, -0.05) is 48.5 Å². The number of rotatable bonds is 10. The molecule has 4 rings (SSSR count). The van der Waals surface area contributed by atoms with E-state index in [1.54, 1.807) is 16.7 Å². The number of pyridine rings is 1. The lowest BCUT2D eigenvalue weighted by molar-refractivity contribution is -0.139. The molecular formula is C28H25NO5. The molecule has 0 aliphatic heterocycles. The highest BCUT2D eigenvalue weighted by Crippen LogP contribution is 2.32. The van der Waals surface area contributed by atoms with Gasteiger partial charge in [-0.05, 0) is 54.8 Å². The quantitative estimate of drug-likeness (QED) is 0.346. The number of carboxylic acids is 1. The number of ether oxygens (including phenoxy) is 2. The van der Waals surface area contributed by atoms with Crippen molar-refractivity contribution in [2.45, 2.75) is 19.4 Å². The van der Waals surface area contributed by atoms with E-state index < -0.39 is 5.97 Å². The molecule has 0 aliphatic rings. The zero-order chi connectivity index (χ0) is 23.8. The fraction of sp³-hybridized carbons (Fsp3) is 0.143. The van der Waals surface area contributed by atoms with Gasteiger partial charge >= 0.3 is 5.97 Å². The molecule has 6 heteroatoms. The molecule has 34 heavy (non-hydrogen) atoms. The fourth-order valence-electron chi connectivity index (χ4n) is 3.66. The van der Waals surface area contributed by atoms with E-state index in [2.05, 4.69) is 0 Å². The molecule has 0 bridgehead atoms. The van der Waals surface area contributed by atoms with Crippen LogP contribution in [0.5, 0.6) is 17.2 Å². The lowest BCUT2D eigenvalue weighted by Gasteiger charge is -2.13. The minimum Gasteiger partial charge on any atom is -0.482 e. The Bertz CT molecular complexity index is 1310. The second-order valence-electron chi connectivity index (χ2n) is 7.79. The lowest BCUT2D eigenvalue weighted by Crippen LogP contribution is -2.18. The molecule has 1 N–H and O–H groups in total. The van der Waals surface area contributed by atoms with Gasteiger partial charge in [-0.2, -0.15) is 0 Å². The first-order valence-electron chi connectivity index (χ1n) is 11.0. The van der Waals surface area contributed by atoms with Gasteiger partial charge in [0.15, 0.2) is 6.61 Å². The topological polar surface area (TPSA) is 77.8 Å². The summed E-state index contributed by atoms with van der Waals surface area (Å²) in [7, 11) is 0. The maximum atomic E-state index is 12.5. The van der Waals surface area contributed by atoms with E-state index in [1.165, 1.54) is 0 Å². The van der Waals surface area contributed by atoms with Gasteiger partial charge in [0.25, 0.3) is 5.56 Å². The molecule has 3 aromatic carbocycles. The monoisotopic (exact) mass is 455 g/mol. The lowest BCUT2D eigenvalue weighted by atomic mass is 10.1. The first-order chi connectivity index (χ1) is 16.6. The molecule has 1 heterocycles. The summed E-state index contributed by atoms with van der Waals surface area (Å²) in [5, 5.41) is 8.77. The Kier molecular flexibility index (Phi) is 7.40. The Morgan fingerprint density at radius 1 is 0.853 bits per heavy atom. The molecule has 0 saturated carbocycles. The molecule has 0 unspecified atom stereocenters. The summed E-state index contributed by atoms with van der Waals surface area (Å²) in [4.78, 5) is 23.2. The van der Waals surface area contributed by atoms with Gasteiger partial charge in [0, 0.05) is 29.9 Å². The summed E-state index contributed by atoms with van der Waals surface area (Å²) >= 11 is 0. The number of carboxylic acid groups (broad SMARTS) is 1. The number of hydrogen-bond acceptors (Lipinski definition) is 4. The molecule has 0 atom stereocenters. The van der Waals surface area contributed by atoms with Crippen LogP contribution in [0, 0.1) is 0 Å². The molecule has 172 valence electrons. The van der Waals surface area contributed by atoms with Crippen molar-refractivity contribution in [1.29, 1.82) is 0 Å². The number of nitrogens with zero attached hydrogens (tertiary/aromatic N) is 1. The van der Waals surface area contributed by atoms with E-state index in [1.807, 2.05) is 85.1 Å². The van der Waals surface area contributed by atoms with Crippen LogP contribution in [0.1, 0.15) is 12.0 Å². The van der Waals surface area contributed by atoms with Gasteiger partial charge in [-0.3, -0.25) is 4.79 Å². The molecule has 6 nitrogen and oxygen atoms in total. The maximum absolute atomic E-state index is 12.5. The van der Waals surface area contributed by atoms with Crippen molar-refractivity contribution in [3.05, 3.63) is 113 Å². The first-order valence-corrected chi connectivity index (χ1v) is 11.0. The zero-order valence-corrected chi connectivity index (χ0v) is 18.6. The number of aryl methyl sites for hydroxylation is 2. The van der Waals surface area contributed by atoms with Gasteiger partial charge in [-0.25, -0.2) is 4.79 Å². The van der Waals surface area contributed by atoms with Crippen molar-refractivity contribution in [3.63, 3.8) is 0 Å². The fourth-order valence-corrected chi connectivity index (χ4v) is 3.66. The second-order valence-corrected chi connectivity index (χ2v) is 7.79. The van der Waals surface area contributed by atoms with E-state index >= 15 is 0 Å². The Morgan fingerprint density at radius 3 is 2.44 bits per heavy atom. The largest absolute Gasteiger partial charge is 0.482 e. The summed E-state index contributed by atoms with van der Waals surface area (Å²) in [6.07, 6.45) is 3.34. The third-order valence-corrected chi connectivity index (χ3v) is 5.28. The molecule has 1 aromatic heterocycles. The molecule has 0 aliphatic carbocycles. The van der Waals surface area contributed by atoms with Gasteiger partial charge < -0.3 is 19.1 Å². The number of aromatic nitrogens is 1.